The van der Waals surface area contributed by atoms with Crippen LogP contribution in [0.4, 0.5) is 0 Å². The number of carbonyl (C=O) groups is 1. The zero-order valence-electron chi connectivity index (χ0n) is 17.5. The number of rotatable bonds is 7. The fourth-order valence-electron chi connectivity index (χ4n) is 4.26. The van der Waals surface area contributed by atoms with Gasteiger partial charge in [-0.25, -0.2) is 0 Å². The molecule has 2 N–H and O–H groups in total. The highest BCUT2D eigenvalue weighted by Crippen LogP contribution is 2.38. The highest BCUT2D eigenvalue weighted by molar-refractivity contribution is 5.92. The van der Waals surface area contributed by atoms with E-state index in [9.17, 15) is 4.79 Å². The number of hydrogen-bond donors (Lipinski definition) is 2. The Morgan fingerprint density at radius 1 is 1.25 bits per heavy atom. The van der Waals surface area contributed by atoms with Gasteiger partial charge in [-0.2, -0.15) is 5.10 Å². The smallest absolute Gasteiger partial charge is 0.271 e. The quantitative estimate of drug-likeness (QED) is 0.763. The van der Waals surface area contributed by atoms with Gasteiger partial charge in [0.05, 0.1) is 11.7 Å². The summed E-state index contributed by atoms with van der Waals surface area (Å²) in [7, 11) is 4.28. The lowest BCUT2D eigenvalue weighted by Gasteiger charge is -2.37. The summed E-state index contributed by atoms with van der Waals surface area (Å²) in [6, 6.07) is 8.38. The number of hydrogen-bond acceptors (Lipinski definition) is 4. The normalized spacial score (nSPS) is 21.1. The van der Waals surface area contributed by atoms with Gasteiger partial charge in [0.15, 0.2) is 0 Å². The van der Waals surface area contributed by atoms with Gasteiger partial charge < -0.3 is 10.2 Å². The number of aromatic amines is 1. The summed E-state index contributed by atoms with van der Waals surface area (Å²) in [5.74, 6) is 1.41. The first kappa shape index (κ1) is 20.5. The number of H-pyrrole nitrogens is 1. The van der Waals surface area contributed by atoms with E-state index in [0.29, 0.717) is 29.5 Å². The minimum absolute atomic E-state index is 0.0788. The van der Waals surface area contributed by atoms with Crippen LogP contribution in [0.25, 0.3) is 0 Å². The van der Waals surface area contributed by atoms with Crippen LogP contribution in [0.15, 0.2) is 30.5 Å². The van der Waals surface area contributed by atoms with Gasteiger partial charge in [0, 0.05) is 18.4 Å². The highest BCUT2D eigenvalue weighted by atomic mass is 16.1. The third kappa shape index (κ3) is 4.98. The van der Waals surface area contributed by atoms with E-state index in [-0.39, 0.29) is 5.91 Å². The molecule has 6 heteroatoms. The van der Waals surface area contributed by atoms with Gasteiger partial charge in [-0.05, 0) is 75.7 Å². The van der Waals surface area contributed by atoms with E-state index in [2.05, 4.69) is 65.5 Å². The molecule has 1 atom stereocenters. The number of carbonyl (C=O) groups excluding carboxylic acids is 1. The summed E-state index contributed by atoms with van der Waals surface area (Å²) in [6.45, 7) is 4.89. The van der Waals surface area contributed by atoms with Crippen molar-refractivity contribution in [2.45, 2.75) is 51.5 Å². The van der Waals surface area contributed by atoms with Crippen molar-refractivity contribution in [1.29, 1.82) is 0 Å². The maximum Gasteiger partial charge on any atom is 0.271 e. The van der Waals surface area contributed by atoms with E-state index in [4.69, 9.17) is 0 Å². The van der Waals surface area contributed by atoms with Crippen molar-refractivity contribution in [3.63, 3.8) is 0 Å². The summed E-state index contributed by atoms with van der Waals surface area (Å²) in [5, 5.41) is 10.2. The molecule has 3 rings (SSSR count). The molecule has 2 aromatic heterocycles. The average molecular weight is 384 g/mol. The van der Waals surface area contributed by atoms with Gasteiger partial charge in [-0.3, -0.25) is 14.9 Å². The fourth-order valence-corrected chi connectivity index (χ4v) is 4.26. The maximum absolute atomic E-state index is 12.4. The molecule has 0 unspecified atom stereocenters. The maximum atomic E-state index is 12.4. The van der Waals surface area contributed by atoms with E-state index >= 15 is 0 Å². The number of nitrogens with zero attached hydrogens (tertiary/aromatic N) is 3. The first-order valence-electron chi connectivity index (χ1n) is 10.4. The molecule has 0 radical (unpaired) electrons. The molecule has 0 saturated heterocycles. The van der Waals surface area contributed by atoms with Crippen molar-refractivity contribution in [1.82, 2.24) is 25.4 Å². The van der Waals surface area contributed by atoms with Gasteiger partial charge in [-0.1, -0.05) is 19.9 Å². The lowest BCUT2D eigenvalue weighted by Crippen LogP contribution is -2.35. The molecule has 2 heterocycles. The van der Waals surface area contributed by atoms with Crippen molar-refractivity contribution in [2.24, 2.45) is 11.8 Å². The molecule has 6 nitrogen and oxygen atoms in total. The highest BCUT2D eigenvalue weighted by Gasteiger charge is 2.30. The Morgan fingerprint density at radius 2 is 2.00 bits per heavy atom. The molecule has 1 fully saturated rings. The lowest BCUT2D eigenvalue weighted by molar-refractivity contribution is 0.0929. The van der Waals surface area contributed by atoms with Crippen molar-refractivity contribution >= 4 is 5.91 Å². The molecule has 0 aromatic carbocycles. The Hall–Kier alpha value is -2.21. The summed E-state index contributed by atoms with van der Waals surface area (Å²) < 4.78 is 0. The second-order valence-electron chi connectivity index (χ2n) is 8.52. The SMILES string of the molecule is CC(C)c1cc(C(=O)NCC2CCC([C@@H](c3ccccn3)N(C)C)CC2)n[nH]1. The molecule has 1 aliphatic rings. The van der Waals surface area contributed by atoms with Crippen LogP contribution in [0.1, 0.15) is 73.4 Å². The van der Waals surface area contributed by atoms with E-state index in [0.717, 1.165) is 30.8 Å². The molecule has 1 amide bonds. The topological polar surface area (TPSA) is 73.9 Å². The van der Waals surface area contributed by atoms with Crippen LogP contribution in [0.2, 0.25) is 0 Å². The van der Waals surface area contributed by atoms with Gasteiger partial charge in [0.1, 0.15) is 5.69 Å². The van der Waals surface area contributed by atoms with Crippen molar-refractivity contribution in [3.8, 4) is 0 Å². The van der Waals surface area contributed by atoms with E-state index < -0.39 is 0 Å². The van der Waals surface area contributed by atoms with Crippen LogP contribution in [0.5, 0.6) is 0 Å². The van der Waals surface area contributed by atoms with E-state index in [1.165, 1.54) is 12.8 Å². The van der Waals surface area contributed by atoms with Gasteiger partial charge >= 0.3 is 0 Å². The predicted octanol–water partition coefficient (Wildman–Crippen LogP) is 3.77. The molecule has 28 heavy (non-hydrogen) atoms. The Balaban J connectivity index is 1.50. The summed E-state index contributed by atoms with van der Waals surface area (Å²) in [5.41, 5.74) is 2.64. The molecular formula is C22H33N5O. The van der Waals surface area contributed by atoms with Crippen LogP contribution < -0.4 is 5.32 Å². The molecule has 0 spiro atoms. The third-order valence-electron chi connectivity index (χ3n) is 5.89. The number of pyridine rings is 1. The minimum Gasteiger partial charge on any atom is -0.350 e. The standard InChI is InChI=1S/C22H33N5O/c1-15(2)19-13-20(26-25-19)22(28)24-14-16-8-10-17(11-9-16)21(27(3)4)18-7-5-6-12-23-18/h5-7,12-13,15-17,21H,8-11,14H2,1-4H3,(H,24,28)(H,25,26)/t16?,17?,21-/m0/s1. The van der Waals surface area contributed by atoms with Crippen molar-refractivity contribution in [2.75, 3.05) is 20.6 Å². The van der Waals surface area contributed by atoms with Crippen molar-refractivity contribution in [3.05, 3.63) is 47.5 Å². The summed E-state index contributed by atoms with van der Waals surface area (Å²) in [6.07, 6.45) is 6.49. The Kier molecular flexibility index (Phi) is 6.83. The second kappa shape index (κ2) is 9.32. The van der Waals surface area contributed by atoms with E-state index in [1.807, 2.05) is 18.3 Å². The second-order valence-corrected chi connectivity index (χ2v) is 8.52. The molecule has 1 aliphatic carbocycles. The number of nitrogens with one attached hydrogen (secondary N) is 2. The first-order chi connectivity index (χ1) is 13.5. The van der Waals surface area contributed by atoms with E-state index in [1.54, 1.807) is 0 Å². The zero-order chi connectivity index (χ0) is 20.1. The molecule has 152 valence electrons. The molecule has 2 aromatic rings. The molecule has 1 saturated carbocycles. The lowest BCUT2D eigenvalue weighted by atomic mass is 9.77. The predicted molar refractivity (Wildman–Crippen MR) is 111 cm³/mol. The number of aromatic nitrogens is 3. The summed E-state index contributed by atoms with van der Waals surface area (Å²) in [4.78, 5) is 19.2. The summed E-state index contributed by atoms with van der Waals surface area (Å²) >= 11 is 0. The van der Waals surface area contributed by atoms with Crippen LogP contribution in [-0.2, 0) is 0 Å². The van der Waals surface area contributed by atoms with Gasteiger partial charge in [0.25, 0.3) is 5.91 Å². The average Bonchev–Trinajstić information content (AvgIpc) is 3.18. The zero-order valence-corrected chi connectivity index (χ0v) is 17.5. The monoisotopic (exact) mass is 383 g/mol. The van der Waals surface area contributed by atoms with Crippen LogP contribution in [0.3, 0.4) is 0 Å². The Morgan fingerprint density at radius 3 is 2.57 bits per heavy atom. The largest absolute Gasteiger partial charge is 0.350 e. The van der Waals surface area contributed by atoms with Crippen LogP contribution in [0, 0.1) is 11.8 Å². The fraction of sp³-hybridized carbons (Fsp3) is 0.591. The third-order valence-corrected chi connectivity index (χ3v) is 5.89. The molecule has 0 bridgehead atoms. The Bertz CT molecular complexity index is 747. The van der Waals surface area contributed by atoms with Crippen molar-refractivity contribution < 1.29 is 4.79 Å². The van der Waals surface area contributed by atoms with Crippen LogP contribution in [-0.4, -0.2) is 46.6 Å². The Labute approximate surface area is 168 Å². The van der Waals surface area contributed by atoms with Crippen LogP contribution >= 0.6 is 0 Å². The van der Waals surface area contributed by atoms with Gasteiger partial charge in [-0.15, -0.1) is 0 Å². The minimum atomic E-state index is -0.0788. The van der Waals surface area contributed by atoms with Gasteiger partial charge in [0.2, 0.25) is 0 Å². The molecular weight excluding hydrogens is 350 g/mol. The number of amides is 1. The first-order valence-corrected chi connectivity index (χ1v) is 10.4. The molecule has 0 aliphatic heterocycles.